The summed E-state index contributed by atoms with van der Waals surface area (Å²) >= 11 is 0. The molecule has 0 N–H and O–H groups in total. The van der Waals surface area contributed by atoms with Crippen molar-refractivity contribution in [2.45, 2.75) is 53.5 Å². The molecule has 1 aromatic rings. The maximum Gasteiger partial charge on any atom is 0.248 e. The molecule has 32 heavy (non-hydrogen) atoms. The van der Waals surface area contributed by atoms with E-state index < -0.39 is 0 Å². The van der Waals surface area contributed by atoms with E-state index in [9.17, 15) is 14.0 Å². The van der Waals surface area contributed by atoms with Gasteiger partial charge in [-0.2, -0.15) is 0 Å². The van der Waals surface area contributed by atoms with Crippen LogP contribution in [0.4, 0.5) is 10.1 Å². The van der Waals surface area contributed by atoms with Crippen LogP contribution in [0.1, 0.15) is 52.5 Å². The van der Waals surface area contributed by atoms with Gasteiger partial charge in [0.25, 0.3) is 0 Å². The Hall–Kier alpha value is -1.99. The van der Waals surface area contributed by atoms with Crippen LogP contribution < -0.4 is 4.90 Å². The van der Waals surface area contributed by atoms with Crippen molar-refractivity contribution < 1.29 is 18.7 Å². The van der Waals surface area contributed by atoms with E-state index in [1.54, 1.807) is 15.9 Å². The highest BCUT2D eigenvalue weighted by Gasteiger charge is 2.24. The first-order chi connectivity index (χ1) is 15.2. The van der Waals surface area contributed by atoms with Crippen LogP contribution >= 0.6 is 0 Å². The Balaban J connectivity index is 2.42. The molecular formula is C25H40FN3O3. The molecule has 0 saturated heterocycles. The fourth-order valence-electron chi connectivity index (χ4n) is 4.24. The van der Waals surface area contributed by atoms with Crippen molar-refractivity contribution in [1.82, 2.24) is 9.80 Å². The predicted octanol–water partition coefficient (Wildman–Crippen LogP) is 3.93. The van der Waals surface area contributed by atoms with Crippen LogP contribution in [0.15, 0.2) is 18.2 Å². The lowest BCUT2D eigenvalue weighted by Gasteiger charge is -2.32. The monoisotopic (exact) mass is 449 g/mol. The van der Waals surface area contributed by atoms with Gasteiger partial charge in [-0.3, -0.25) is 9.59 Å². The average molecular weight is 450 g/mol. The summed E-state index contributed by atoms with van der Waals surface area (Å²) < 4.78 is 19.3. The molecule has 7 heteroatoms. The van der Waals surface area contributed by atoms with E-state index in [0.717, 1.165) is 32.5 Å². The Morgan fingerprint density at radius 1 is 1.00 bits per heavy atom. The van der Waals surface area contributed by atoms with E-state index >= 15 is 0 Å². The molecule has 1 aromatic carbocycles. The molecule has 1 aliphatic rings. The highest BCUT2D eigenvalue weighted by atomic mass is 19.1. The van der Waals surface area contributed by atoms with Gasteiger partial charge in [0, 0.05) is 45.4 Å². The number of methoxy groups -OCH3 is 1. The maximum absolute atomic E-state index is 14.2. The normalized spacial score (nSPS) is 16.6. The molecule has 0 spiro atoms. The van der Waals surface area contributed by atoms with Crippen LogP contribution in [-0.2, 0) is 20.9 Å². The SMILES string of the molecule is COCC(=O)N1CCCN(CC(C)C)CCCN(C(=O)CC(C)C)c2ccc(F)cc2C1. The molecule has 0 aromatic heterocycles. The van der Waals surface area contributed by atoms with Gasteiger partial charge in [-0.15, -0.1) is 0 Å². The Kier molecular flexibility index (Phi) is 10.6. The molecule has 0 radical (unpaired) electrons. The van der Waals surface area contributed by atoms with Crippen molar-refractivity contribution >= 4 is 17.5 Å². The van der Waals surface area contributed by atoms with Crippen molar-refractivity contribution in [3.05, 3.63) is 29.6 Å². The highest BCUT2D eigenvalue weighted by molar-refractivity contribution is 5.94. The fourth-order valence-corrected chi connectivity index (χ4v) is 4.24. The number of ether oxygens (including phenoxy) is 1. The first-order valence-electron chi connectivity index (χ1n) is 11.8. The standard InChI is InChI=1S/C25H40FN3O3/c1-19(2)14-24(30)29-13-7-11-27(16-20(3)4)10-6-12-28(25(31)18-32-5)17-21-15-22(26)8-9-23(21)29/h8-9,15,19-20H,6-7,10-14,16-18H2,1-5H3. The molecule has 0 unspecified atom stereocenters. The third kappa shape index (κ3) is 8.17. The lowest BCUT2D eigenvalue weighted by atomic mass is 10.1. The Morgan fingerprint density at radius 3 is 2.31 bits per heavy atom. The van der Waals surface area contributed by atoms with E-state index in [2.05, 4.69) is 18.7 Å². The van der Waals surface area contributed by atoms with Gasteiger partial charge in [-0.05, 0) is 61.5 Å². The van der Waals surface area contributed by atoms with Crippen LogP contribution in [0.2, 0.25) is 0 Å². The van der Waals surface area contributed by atoms with Gasteiger partial charge in [0.15, 0.2) is 0 Å². The number of halogens is 1. The molecule has 180 valence electrons. The molecule has 2 rings (SSSR count). The van der Waals surface area contributed by atoms with Gasteiger partial charge in [-0.1, -0.05) is 27.7 Å². The summed E-state index contributed by atoms with van der Waals surface area (Å²) in [7, 11) is 1.50. The van der Waals surface area contributed by atoms with Gasteiger partial charge in [0.1, 0.15) is 12.4 Å². The minimum Gasteiger partial charge on any atom is -0.375 e. The quantitative estimate of drug-likeness (QED) is 0.660. The van der Waals surface area contributed by atoms with Crippen molar-refractivity contribution in [3.8, 4) is 0 Å². The van der Waals surface area contributed by atoms with Crippen molar-refractivity contribution in [1.29, 1.82) is 0 Å². The van der Waals surface area contributed by atoms with Crippen molar-refractivity contribution in [2.24, 2.45) is 11.8 Å². The molecule has 0 fully saturated rings. The van der Waals surface area contributed by atoms with E-state index in [1.807, 2.05) is 13.8 Å². The zero-order valence-electron chi connectivity index (χ0n) is 20.4. The van der Waals surface area contributed by atoms with Crippen molar-refractivity contribution in [2.75, 3.05) is 51.3 Å². The molecule has 1 heterocycles. The zero-order chi connectivity index (χ0) is 23.7. The summed E-state index contributed by atoms with van der Waals surface area (Å²) in [4.78, 5) is 31.8. The molecule has 0 aliphatic carbocycles. The topological polar surface area (TPSA) is 53.1 Å². The van der Waals surface area contributed by atoms with Crippen LogP contribution in [0.5, 0.6) is 0 Å². The van der Waals surface area contributed by atoms with Gasteiger partial charge >= 0.3 is 0 Å². The van der Waals surface area contributed by atoms with Crippen LogP contribution in [0, 0.1) is 17.7 Å². The molecule has 0 atom stereocenters. The number of carbonyl (C=O) groups excluding carboxylic acids is 2. The molecular weight excluding hydrogens is 409 g/mol. The smallest absolute Gasteiger partial charge is 0.248 e. The largest absolute Gasteiger partial charge is 0.375 e. The Bertz CT molecular complexity index is 754. The van der Waals surface area contributed by atoms with Gasteiger partial charge in [0.2, 0.25) is 11.8 Å². The van der Waals surface area contributed by atoms with E-state index in [0.29, 0.717) is 36.7 Å². The number of hydrogen-bond acceptors (Lipinski definition) is 4. The first kappa shape index (κ1) is 26.3. The number of carbonyl (C=O) groups is 2. The molecule has 6 nitrogen and oxygen atoms in total. The number of anilines is 1. The van der Waals surface area contributed by atoms with Gasteiger partial charge < -0.3 is 19.4 Å². The highest BCUT2D eigenvalue weighted by Crippen LogP contribution is 2.26. The van der Waals surface area contributed by atoms with Crippen LogP contribution in [0.3, 0.4) is 0 Å². The Morgan fingerprint density at radius 2 is 1.69 bits per heavy atom. The number of hydrogen-bond donors (Lipinski definition) is 0. The zero-order valence-corrected chi connectivity index (χ0v) is 20.4. The number of amides is 2. The lowest BCUT2D eigenvalue weighted by Crippen LogP contribution is -2.40. The second-order valence-corrected chi connectivity index (χ2v) is 9.57. The summed E-state index contributed by atoms with van der Waals surface area (Å²) in [5.74, 6) is 0.307. The molecule has 0 saturated carbocycles. The van der Waals surface area contributed by atoms with E-state index in [4.69, 9.17) is 4.74 Å². The van der Waals surface area contributed by atoms with E-state index in [1.165, 1.54) is 19.2 Å². The van der Waals surface area contributed by atoms with Crippen LogP contribution in [0.25, 0.3) is 0 Å². The van der Waals surface area contributed by atoms with Gasteiger partial charge in [-0.25, -0.2) is 4.39 Å². The summed E-state index contributed by atoms with van der Waals surface area (Å²) in [6.07, 6.45) is 2.11. The number of rotatable bonds is 6. The number of benzene rings is 1. The second-order valence-electron chi connectivity index (χ2n) is 9.57. The summed E-state index contributed by atoms with van der Waals surface area (Å²) in [5.41, 5.74) is 1.36. The number of fused-ring (bicyclic) bond motifs is 1. The second kappa shape index (κ2) is 12.9. The summed E-state index contributed by atoms with van der Waals surface area (Å²) in [6, 6.07) is 4.53. The van der Waals surface area contributed by atoms with E-state index in [-0.39, 0.29) is 36.7 Å². The lowest BCUT2D eigenvalue weighted by molar-refractivity contribution is -0.135. The molecule has 1 aliphatic heterocycles. The first-order valence-corrected chi connectivity index (χ1v) is 11.8. The summed E-state index contributed by atoms with van der Waals surface area (Å²) in [5, 5.41) is 0. The minimum absolute atomic E-state index is 0.0175. The maximum atomic E-state index is 14.2. The van der Waals surface area contributed by atoms with Crippen molar-refractivity contribution in [3.63, 3.8) is 0 Å². The average Bonchev–Trinajstić information content (AvgIpc) is 2.69. The van der Waals surface area contributed by atoms with Gasteiger partial charge in [0.05, 0.1) is 0 Å². The third-order valence-electron chi connectivity index (χ3n) is 5.58. The Labute approximate surface area is 192 Å². The summed E-state index contributed by atoms with van der Waals surface area (Å²) in [6.45, 7) is 12.6. The fraction of sp³-hybridized carbons (Fsp3) is 0.680. The minimum atomic E-state index is -0.366. The predicted molar refractivity (Wildman–Crippen MR) is 126 cm³/mol. The van der Waals surface area contributed by atoms with Crippen LogP contribution in [-0.4, -0.2) is 68.1 Å². The molecule has 0 bridgehead atoms. The number of nitrogens with zero attached hydrogens (tertiary/aromatic N) is 3. The molecule has 2 amide bonds. The third-order valence-corrected chi connectivity index (χ3v) is 5.58.